The van der Waals surface area contributed by atoms with E-state index in [9.17, 15) is 9.59 Å². The fourth-order valence-electron chi connectivity index (χ4n) is 1.02. The van der Waals surface area contributed by atoms with Gasteiger partial charge in [-0.2, -0.15) is 0 Å². The average molecular weight is 186 g/mol. The van der Waals surface area contributed by atoms with Gasteiger partial charge < -0.3 is 11.5 Å². The van der Waals surface area contributed by atoms with Gasteiger partial charge in [0.15, 0.2) is 0 Å². The van der Waals surface area contributed by atoms with Gasteiger partial charge in [-0.25, -0.2) is 0 Å². The molecule has 0 spiro atoms. The quantitative estimate of drug-likeness (QED) is 0.584. The molecule has 0 aliphatic heterocycles. The molecule has 4 heteroatoms. The van der Waals surface area contributed by atoms with Crippen molar-refractivity contribution in [1.29, 1.82) is 0 Å². The van der Waals surface area contributed by atoms with E-state index in [2.05, 4.69) is 0 Å². The number of carbonyl (C=O) groups excluding carboxylic acids is 2. The lowest BCUT2D eigenvalue weighted by Crippen LogP contribution is -2.43. The van der Waals surface area contributed by atoms with Gasteiger partial charge in [-0.15, -0.1) is 0 Å². The Morgan fingerprint density at radius 2 is 1.54 bits per heavy atom. The summed E-state index contributed by atoms with van der Waals surface area (Å²) in [4.78, 5) is 22.4. The van der Waals surface area contributed by atoms with Crippen molar-refractivity contribution in [2.75, 3.05) is 0 Å². The van der Waals surface area contributed by atoms with E-state index in [1.165, 1.54) is 6.92 Å². The van der Waals surface area contributed by atoms with Crippen molar-refractivity contribution in [3.05, 3.63) is 0 Å². The lowest BCUT2D eigenvalue weighted by molar-refractivity contribution is -0.138. The number of Topliss-reactive ketones (excluding diaryl/α,β-unsaturated/α-hetero) is 2. The molecule has 0 unspecified atom stereocenters. The molecule has 0 rings (SSSR count). The third kappa shape index (κ3) is 4.15. The molecule has 4 nitrogen and oxygen atoms in total. The first-order chi connectivity index (χ1) is 5.86. The largest absolute Gasteiger partial charge is 0.321 e. The maximum absolute atomic E-state index is 11.3. The van der Waals surface area contributed by atoms with Crippen LogP contribution in [0.15, 0.2) is 0 Å². The summed E-state index contributed by atoms with van der Waals surface area (Å²) in [6, 6.07) is -1.44. The lowest BCUT2D eigenvalue weighted by atomic mass is 9.97. The van der Waals surface area contributed by atoms with Crippen LogP contribution in [0, 0.1) is 5.92 Å². The molecule has 0 saturated heterocycles. The Kier molecular flexibility index (Phi) is 4.80. The maximum Gasteiger partial charge on any atom is 0.216 e. The predicted molar refractivity (Wildman–Crippen MR) is 51.1 cm³/mol. The molecule has 0 aromatic heterocycles. The van der Waals surface area contributed by atoms with E-state index in [-0.39, 0.29) is 0 Å². The van der Waals surface area contributed by atoms with Crippen molar-refractivity contribution < 1.29 is 9.59 Å². The first kappa shape index (κ1) is 12.3. The van der Waals surface area contributed by atoms with E-state index in [1.54, 1.807) is 0 Å². The second kappa shape index (κ2) is 5.09. The Bertz CT molecular complexity index is 200. The van der Waals surface area contributed by atoms with E-state index in [0.29, 0.717) is 12.3 Å². The first-order valence-corrected chi connectivity index (χ1v) is 4.45. The number of ketones is 2. The van der Waals surface area contributed by atoms with E-state index in [0.717, 1.165) is 0 Å². The van der Waals surface area contributed by atoms with Crippen LogP contribution < -0.4 is 11.5 Å². The minimum absolute atomic E-state index is 0.305. The van der Waals surface area contributed by atoms with Gasteiger partial charge in [0.1, 0.15) is 0 Å². The molecule has 0 heterocycles. The molecule has 0 aromatic carbocycles. The molecule has 0 amide bonds. The molecule has 0 aromatic rings. The monoisotopic (exact) mass is 186 g/mol. The van der Waals surface area contributed by atoms with E-state index in [1.807, 2.05) is 13.8 Å². The van der Waals surface area contributed by atoms with Crippen molar-refractivity contribution in [3.63, 3.8) is 0 Å². The van der Waals surface area contributed by atoms with Gasteiger partial charge in [-0.05, 0) is 19.3 Å². The molecule has 0 aliphatic rings. The number of hydrogen-bond acceptors (Lipinski definition) is 4. The summed E-state index contributed by atoms with van der Waals surface area (Å²) in [6.45, 7) is 5.38. The molecule has 13 heavy (non-hydrogen) atoms. The average Bonchev–Trinajstić information content (AvgIpc) is 2.00. The zero-order chi connectivity index (χ0) is 10.6. The van der Waals surface area contributed by atoms with Gasteiger partial charge in [0.25, 0.3) is 0 Å². The van der Waals surface area contributed by atoms with Gasteiger partial charge in [0.2, 0.25) is 11.6 Å². The Hall–Kier alpha value is -0.740. The normalized spacial score (nSPS) is 15.5. The van der Waals surface area contributed by atoms with Gasteiger partial charge >= 0.3 is 0 Å². The van der Waals surface area contributed by atoms with Crippen LogP contribution in [0.4, 0.5) is 0 Å². The summed E-state index contributed by atoms with van der Waals surface area (Å²) in [7, 11) is 0. The number of hydrogen-bond donors (Lipinski definition) is 2. The molecule has 76 valence electrons. The minimum atomic E-state index is -0.745. The molecule has 0 saturated carbocycles. The van der Waals surface area contributed by atoms with Crippen molar-refractivity contribution in [3.8, 4) is 0 Å². The molecular weight excluding hydrogens is 168 g/mol. The van der Waals surface area contributed by atoms with Crippen LogP contribution in [-0.4, -0.2) is 23.7 Å². The summed E-state index contributed by atoms with van der Waals surface area (Å²) in [5, 5.41) is 0. The highest BCUT2D eigenvalue weighted by Gasteiger charge is 2.24. The molecule has 0 radical (unpaired) electrons. The predicted octanol–water partition coefficient (Wildman–Crippen LogP) is -0.155. The molecule has 0 aliphatic carbocycles. The Morgan fingerprint density at radius 3 is 1.85 bits per heavy atom. The van der Waals surface area contributed by atoms with Crippen LogP contribution in [0.1, 0.15) is 27.2 Å². The van der Waals surface area contributed by atoms with Crippen LogP contribution in [0.2, 0.25) is 0 Å². The van der Waals surface area contributed by atoms with Gasteiger partial charge in [-0.3, -0.25) is 9.59 Å². The highest BCUT2D eigenvalue weighted by Crippen LogP contribution is 2.04. The van der Waals surface area contributed by atoms with Gasteiger partial charge in [0, 0.05) is 0 Å². The van der Waals surface area contributed by atoms with Crippen LogP contribution in [-0.2, 0) is 9.59 Å². The second-order valence-corrected chi connectivity index (χ2v) is 3.75. The summed E-state index contributed by atoms with van der Waals surface area (Å²) in [5.74, 6) is -0.823. The molecule has 4 N–H and O–H groups in total. The molecule has 2 atom stereocenters. The SMILES string of the molecule is CC(C)C[C@H](N)C(=O)C(=O)[C@H](C)N. The number of nitrogens with two attached hydrogens (primary N) is 2. The topological polar surface area (TPSA) is 86.2 Å². The van der Waals surface area contributed by atoms with Gasteiger partial charge in [-0.1, -0.05) is 13.8 Å². The van der Waals surface area contributed by atoms with Crippen LogP contribution in [0.5, 0.6) is 0 Å². The van der Waals surface area contributed by atoms with Gasteiger partial charge in [0.05, 0.1) is 12.1 Å². The fraction of sp³-hybridized carbons (Fsp3) is 0.778. The third-order valence-corrected chi connectivity index (χ3v) is 1.72. The first-order valence-electron chi connectivity index (χ1n) is 4.45. The van der Waals surface area contributed by atoms with Crippen molar-refractivity contribution in [1.82, 2.24) is 0 Å². The fourth-order valence-corrected chi connectivity index (χ4v) is 1.02. The summed E-state index contributed by atoms with van der Waals surface area (Å²) in [6.07, 6.45) is 0.525. The number of carbonyl (C=O) groups is 2. The number of rotatable bonds is 5. The van der Waals surface area contributed by atoms with E-state index < -0.39 is 23.7 Å². The summed E-state index contributed by atoms with van der Waals surface area (Å²) < 4.78 is 0. The Morgan fingerprint density at radius 1 is 1.08 bits per heavy atom. The van der Waals surface area contributed by atoms with Crippen molar-refractivity contribution in [2.45, 2.75) is 39.3 Å². The zero-order valence-electron chi connectivity index (χ0n) is 8.41. The molecule has 0 bridgehead atoms. The standard InChI is InChI=1S/C9H18N2O2/c1-5(2)4-7(11)9(13)8(12)6(3)10/h5-7H,4,10-11H2,1-3H3/t6-,7-/m0/s1. The molecular formula is C9H18N2O2. The second-order valence-electron chi connectivity index (χ2n) is 3.75. The minimum Gasteiger partial charge on any atom is -0.321 e. The molecule has 0 fully saturated rings. The summed E-state index contributed by atoms with van der Waals surface area (Å²) in [5.41, 5.74) is 10.8. The van der Waals surface area contributed by atoms with Crippen LogP contribution in [0.25, 0.3) is 0 Å². The smallest absolute Gasteiger partial charge is 0.216 e. The zero-order valence-corrected chi connectivity index (χ0v) is 8.41. The maximum atomic E-state index is 11.3. The Labute approximate surface area is 78.7 Å². The van der Waals surface area contributed by atoms with Crippen molar-refractivity contribution >= 4 is 11.6 Å². The third-order valence-electron chi connectivity index (χ3n) is 1.72. The van der Waals surface area contributed by atoms with E-state index >= 15 is 0 Å². The van der Waals surface area contributed by atoms with E-state index in [4.69, 9.17) is 11.5 Å². The lowest BCUT2D eigenvalue weighted by Gasteiger charge is -2.12. The van der Waals surface area contributed by atoms with Crippen LogP contribution >= 0.6 is 0 Å². The Balaban J connectivity index is 4.18. The highest BCUT2D eigenvalue weighted by atomic mass is 16.2. The highest BCUT2D eigenvalue weighted by molar-refractivity contribution is 6.40. The summed E-state index contributed by atoms with van der Waals surface area (Å²) >= 11 is 0. The van der Waals surface area contributed by atoms with Crippen molar-refractivity contribution in [2.24, 2.45) is 17.4 Å². The van der Waals surface area contributed by atoms with Crippen LogP contribution in [0.3, 0.4) is 0 Å².